The molecular weight excluding hydrogens is 475 g/mol. The summed E-state index contributed by atoms with van der Waals surface area (Å²) in [6.07, 6.45) is -2.84. The highest BCUT2D eigenvalue weighted by atomic mass is 35.5. The average molecular weight is 494 g/mol. The Morgan fingerprint density at radius 2 is 1.94 bits per heavy atom. The number of halogens is 4. The van der Waals surface area contributed by atoms with E-state index in [1.165, 1.54) is 11.4 Å². The topological polar surface area (TPSA) is 90.0 Å². The molecule has 2 aromatic rings. The second kappa shape index (κ2) is 9.94. The molecule has 1 aliphatic rings. The molecule has 0 atom stereocenters. The van der Waals surface area contributed by atoms with Crippen LogP contribution in [-0.4, -0.2) is 44.3 Å². The number of hydrogen-bond donors (Lipinski definition) is 1. The molecule has 0 unspecified atom stereocenters. The lowest BCUT2D eigenvalue weighted by Gasteiger charge is -2.26. The first-order valence-corrected chi connectivity index (χ1v) is 11.0. The summed E-state index contributed by atoms with van der Waals surface area (Å²) < 4.78 is 72.2. The number of benzene rings is 1. The summed E-state index contributed by atoms with van der Waals surface area (Å²) in [5.41, 5.74) is 4.20. The second-order valence-corrected chi connectivity index (χ2v) is 8.92. The zero-order valence-electron chi connectivity index (χ0n) is 16.7. The first-order valence-electron chi connectivity index (χ1n) is 9.20. The molecule has 2 heterocycles. The number of ether oxygens (including phenoxy) is 2. The van der Waals surface area contributed by atoms with Crippen molar-refractivity contribution in [2.75, 3.05) is 20.2 Å². The van der Waals surface area contributed by atoms with E-state index in [2.05, 4.69) is 15.2 Å². The fraction of sp³-hybridized carbons (Fsp3) is 0.316. The maximum atomic E-state index is 12.7. The first kappa shape index (κ1) is 24.1. The number of pyridine rings is 1. The number of hydroxylamine groups is 1. The Hall–Kier alpha value is -2.54. The zero-order chi connectivity index (χ0) is 23.4. The molecule has 0 spiro atoms. The van der Waals surface area contributed by atoms with Gasteiger partial charge in [0.05, 0.1) is 18.6 Å². The van der Waals surface area contributed by atoms with Gasteiger partial charge in [-0.05, 0) is 42.0 Å². The highest BCUT2D eigenvalue weighted by Gasteiger charge is 2.31. The van der Waals surface area contributed by atoms with Gasteiger partial charge in [0.2, 0.25) is 15.9 Å². The SMILES string of the molecule is COc1cc(CONC2=CCN(S(=O)(=O)c3ccc(OC(F)(F)F)cc3)CC2)cc(Cl)n1. The Morgan fingerprint density at radius 3 is 2.53 bits per heavy atom. The predicted octanol–water partition coefficient (Wildman–Crippen LogP) is 3.64. The van der Waals surface area contributed by atoms with Crippen molar-refractivity contribution in [2.45, 2.75) is 24.3 Å². The molecular formula is C19H19ClF3N3O5S. The van der Waals surface area contributed by atoms with Crippen LogP contribution in [0.2, 0.25) is 5.15 Å². The van der Waals surface area contributed by atoms with Crippen molar-refractivity contribution >= 4 is 21.6 Å². The minimum absolute atomic E-state index is 0.0732. The van der Waals surface area contributed by atoms with Crippen molar-refractivity contribution in [3.05, 3.63) is 58.9 Å². The third-order valence-corrected chi connectivity index (χ3v) is 6.42. The zero-order valence-corrected chi connectivity index (χ0v) is 18.3. The lowest BCUT2D eigenvalue weighted by atomic mass is 10.2. The van der Waals surface area contributed by atoms with Crippen LogP contribution in [0.15, 0.2) is 53.1 Å². The molecule has 1 aromatic carbocycles. The molecule has 1 aromatic heterocycles. The van der Waals surface area contributed by atoms with E-state index < -0.39 is 22.1 Å². The van der Waals surface area contributed by atoms with E-state index in [0.717, 1.165) is 29.8 Å². The van der Waals surface area contributed by atoms with Crippen molar-refractivity contribution < 1.29 is 35.9 Å². The summed E-state index contributed by atoms with van der Waals surface area (Å²) in [5, 5.41) is 0.263. The minimum atomic E-state index is -4.85. The van der Waals surface area contributed by atoms with E-state index in [4.69, 9.17) is 21.2 Å². The minimum Gasteiger partial charge on any atom is -0.481 e. The molecule has 0 radical (unpaired) electrons. The van der Waals surface area contributed by atoms with Gasteiger partial charge in [-0.3, -0.25) is 10.3 Å². The molecule has 13 heteroatoms. The molecule has 0 saturated heterocycles. The molecule has 0 aliphatic carbocycles. The van der Waals surface area contributed by atoms with Crippen LogP contribution in [0.5, 0.6) is 11.6 Å². The number of aromatic nitrogens is 1. The Labute approximate surface area is 187 Å². The Kier molecular flexibility index (Phi) is 7.49. The molecule has 32 heavy (non-hydrogen) atoms. The summed E-state index contributed by atoms with van der Waals surface area (Å²) in [7, 11) is -2.40. The van der Waals surface area contributed by atoms with Crippen molar-refractivity contribution in [1.29, 1.82) is 0 Å². The highest BCUT2D eigenvalue weighted by Crippen LogP contribution is 2.26. The Bertz CT molecular complexity index is 1080. The maximum absolute atomic E-state index is 12.7. The highest BCUT2D eigenvalue weighted by molar-refractivity contribution is 7.89. The fourth-order valence-electron chi connectivity index (χ4n) is 2.85. The van der Waals surface area contributed by atoms with Crippen LogP contribution in [0.25, 0.3) is 0 Å². The lowest BCUT2D eigenvalue weighted by molar-refractivity contribution is -0.274. The number of hydrogen-bond acceptors (Lipinski definition) is 7. The summed E-state index contributed by atoms with van der Waals surface area (Å²) in [6.45, 7) is 0.411. The smallest absolute Gasteiger partial charge is 0.481 e. The average Bonchev–Trinajstić information content (AvgIpc) is 2.73. The van der Waals surface area contributed by atoms with Gasteiger partial charge < -0.3 is 9.47 Å². The van der Waals surface area contributed by atoms with E-state index in [1.54, 1.807) is 18.2 Å². The predicted molar refractivity (Wildman–Crippen MR) is 108 cm³/mol. The van der Waals surface area contributed by atoms with Crippen LogP contribution in [0, 0.1) is 0 Å². The van der Waals surface area contributed by atoms with Crippen molar-refractivity contribution in [1.82, 2.24) is 14.8 Å². The van der Waals surface area contributed by atoms with Crippen LogP contribution in [-0.2, 0) is 21.5 Å². The van der Waals surface area contributed by atoms with E-state index in [1.807, 2.05) is 0 Å². The quantitative estimate of drug-likeness (QED) is 0.443. The molecule has 0 saturated carbocycles. The number of nitrogens with one attached hydrogen (secondary N) is 1. The Morgan fingerprint density at radius 1 is 1.22 bits per heavy atom. The molecule has 0 amide bonds. The van der Waals surface area contributed by atoms with E-state index >= 15 is 0 Å². The number of methoxy groups -OCH3 is 1. The molecule has 1 aliphatic heterocycles. The second-order valence-electron chi connectivity index (χ2n) is 6.59. The van der Waals surface area contributed by atoms with Gasteiger partial charge in [-0.1, -0.05) is 11.6 Å². The maximum Gasteiger partial charge on any atom is 0.573 e. The molecule has 8 nitrogen and oxygen atoms in total. The van der Waals surface area contributed by atoms with Gasteiger partial charge in [0.25, 0.3) is 0 Å². The van der Waals surface area contributed by atoms with E-state index in [-0.39, 0.29) is 29.7 Å². The van der Waals surface area contributed by atoms with Crippen molar-refractivity contribution in [2.24, 2.45) is 0 Å². The third kappa shape index (κ3) is 6.48. The molecule has 0 fully saturated rings. The number of alkyl halides is 3. The monoisotopic (exact) mass is 493 g/mol. The van der Waals surface area contributed by atoms with E-state index in [0.29, 0.717) is 18.0 Å². The van der Waals surface area contributed by atoms with Crippen LogP contribution in [0.3, 0.4) is 0 Å². The summed E-state index contributed by atoms with van der Waals surface area (Å²) in [5.74, 6) is -0.140. The summed E-state index contributed by atoms with van der Waals surface area (Å²) >= 11 is 5.90. The van der Waals surface area contributed by atoms with Crippen LogP contribution < -0.4 is 15.0 Å². The van der Waals surface area contributed by atoms with Gasteiger partial charge in [-0.2, -0.15) is 4.31 Å². The van der Waals surface area contributed by atoms with Crippen LogP contribution >= 0.6 is 11.6 Å². The van der Waals surface area contributed by atoms with Crippen LogP contribution in [0.1, 0.15) is 12.0 Å². The van der Waals surface area contributed by atoms with Gasteiger partial charge in [-0.25, -0.2) is 13.4 Å². The van der Waals surface area contributed by atoms with Gasteiger partial charge in [0.15, 0.2) is 0 Å². The Balaban J connectivity index is 1.55. The summed E-state index contributed by atoms with van der Waals surface area (Å²) in [4.78, 5) is 9.27. The number of rotatable bonds is 8. The van der Waals surface area contributed by atoms with Crippen molar-refractivity contribution in [3.8, 4) is 11.6 Å². The molecule has 174 valence electrons. The third-order valence-electron chi connectivity index (χ3n) is 4.35. The first-order chi connectivity index (χ1) is 15.1. The molecule has 1 N–H and O–H groups in total. The van der Waals surface area contributed by atoms with E-state index in [9.17, 15) is 21.6 Å². The van der Waals surface area contributed by atoms with Gasteiger partial charge in [0.1, 0.15) is 10.9 Å². The van der Waals surface area contributed by atoms with Gasteiger partial charge in [0, 0.05) is 31.3 Å². The molecule has 3 rings (SSSR count). The normalized spacial score (nSPS) is 15.2. The van der Waals surface area contributed by atoms with Gasteiger partial charge >= 0.3 is 6.36 Å². The fourth-order valence-corrected chi connectivity index (χ4v) is 4.45. The van der Waals surface area contributed by atoms with Crippen LogP contribution in [0.4, 0.5) is 13.2 Å². The van der Waals surface area contributed by atoms with Gasteiger partial charge in [-0.15, -0.1) is 13.2 Å². The van der Waals surface area contributed by atoms with Crippen molar-refractivity contribution in [3.63, 3.8) is 0 Å². The lowest BCUT2D eigenvalue weighted by Crippen LogP contribution is -2.36. The number of sulfonamides is 1. The standard InChI is InChI=1S/C19H19ClF3N3O5S/c1-29-18-11-13(10-17(20)24-18)12-30-25-14-6-8-26(9-7-14)32(27,28)16-4-2-15(3-5-16)31-19(21,22)23/h2-6,10-11,25H,7-9,12H2,1H3. The number of nitrogens with zero attached hydrogens (tertiary/aromatic N) is 2. The largest absolute Gasteiger partial charge is 0.573 e. The summed E-state index contributed by atoms with van der Waals surface area (Å²) in [6, 6.07) is 7.36. The molecule has 0 bridgehead atoms.